The first-order chi connectivity index (χ1) is 14.9. The topological polar surface area (TPSA) is 53.1 Å². The minimum Gasteiger partial charge on any atom is -0.495 e. The Morgan fingerprint density at radius 1 is 1.06 bits per heavy atom. The average Bonchev–Trinajstić information content (AvgIpc) is 3.16. The largest absolute Gasteiger partial charge is 0.495 e. The highest BCUT2D eigenvalue weighted by Gasteiger charge is 2.39. The van der Waals surface area contributed by atoms with Gasteiger partial charge in [-0.3, -0.25) is 9.59 Å². The minimum absolute atomic E-state index is 0.0532. The summed E-state index contributed by atoms with van der Waals surface area (Å²) in [6.07, 6.45) is 0.214. The Bertz CT molecular complexity index is 1000. The molecule has 2 fully saturated rings. The molecule has 4 rings (SSSR count). The molecule has 0 radical (unpaired) electrons. The molecule has 0 N–H and O–H groups in total. The van der Waals surface area contributed by atoms with E-state index in [2.05, 4.69) is 36.9 Å². The van der Waals surface area contributed by atoms with E-state index in [0.29, 0.717) is 36.1 Å². The lowest BCUT2D eigenvalue weighted by Gasteiger charge is -2.38. The van der Waals surface area contributed by atoms with Crippen molar-refractivity contribution in [2.45, 2.75) is 20.3 Å². The SMILES string of the molecule is COc1ccc(Cl)cc1N1CC(C(=O)N2CCN(c3cccc(C)c3C)CC2)CC1=O. The van der Waals surface area contributed by atoms with Gasteiger partial charge in [-0.25, -0.2) is 0 Å². The number of ether oxygens (including phenoxy) is 1. The lowest BCUT2D eigenvalue weighted by Crippen LogP contribution is -2.51. The van der Waals surface area contributed by atoms with Gasteiger partial charge in [0, 0.05) is 49.9 Å². The van der Waals surface area contributed by atoms with Crippen molar-refractivity contribution in [1.29, 1.82) is 0 Å². The summed E-state index contributed by atoms with van der Waals surface area (Å²) in [5.74, 6) is 0.210. The quantitative estimate of drug-likeness (QED) is 0.726. The van der Waals surface area contributed by atoms with Gasteiger partial charge in [0.2, 0.25) is 11.8 Å². The molecule has 0 aromatic heterocycles. The summed E-state index contributed by atoms with van der Waals surface area (Å²) in [7, 11) is 1.56. The van der Waals surface area contributed by atoms with Crippen molar-refractivity contribution in [2.75, 3.05) is 49.6 Å². The summed E-state index contributed by atoms with van der Waals surface area (Å²) >= 11 is 6.13. The van der Waals surface area contributed by atoms with E-state index >= 15 is 0 Å². The van der Waals surface area contributed by atoms with Crippen LogP contribution in [0.15, 0.2) is 36.4 Å². The normalized spacial score (nSPS) is 19.2. The second-order valence-corrected chi connectivity index (χ2v) is 8.69. The highest BCUT2D eigenvalue weighted by Crippen LogP contribution is 2.35. The maximum Gasteiger partial charge on any atom is 0.228 e. The molecular formula is C24H28ClN3O3. The zero-order valence-electron chi connectivity index (χ0n) is 18.2. The summed E-state index contributed by atoms with van der Waals surface area (Å²) in [5, 5.41) is 0.529. The molecule has 0 spiro atoms. The molecule has 2 amide bonds. The van der Waals surface area contributed by atoms with Crippen molar-refractivity contribution in [3.05, 3.63) is 52.5 Å². The molecule has 2 aliphatic heterocycles. The van der Waals surface area contributed by atoms with Crippen molar-refractivity contribution in [3.63, 3.8) is 0 Å². The predicted octanol–water partition coefficient (Wildman–Crippen LogP) is 3.67. The Hall–Kier alpha value is -2.73. The Morgan fingerprint density at radius 2 is 1.81 bits per heavy atom. The lowest BCUT2D eigenvalue weighted by molar-refractivity contribution is -0.136. The van der Waals surface area contributed by atoms with Crippen molar-refractivity contribution >= 4 is 34.8 Å². The molecule has 2 aliphatic rings. The number of carbonyl (C=O) groups excluding carboxylic acids is 2. The van der Waals surface area contributed by atoms with Crippen LogP contribution < -0.4 is 14.5 Å². The van der Waals surface area contributed by atoms with Crippen LogP contribution in [0.1, 0.15) is 17.5 Å². The van der Waals surface area contributed by atoms with Crippen LogP contribution in [0.5, 0.6) is 5.75 Å². The van der Waals surface area contributed by atoms with Crippen molar-refractivity contribution in [1.82, 2.24) is 4.90 Å². The number of piperazine rings is 1. The maximum absolute atomic E-state index is 13.2. The van der Waals surface area contributed by atoms with Gasteiger partial charge in [-0.05, 0) is 49.2 Å². The number of carbonyl (C=O) groups is 2. The van der Waals surface area contributed by atoms with Crippen LogP contribution in [-0.2, 0) is 9.59 Å². The van der Waals surface area contributed by atoms with Gasteiger partial charge < -0.3 is 19.4 Å². The average molecular weight is 442 g/mol. The molecule has 1 unspecified atom stereocenters. The van der Waals surface area contributed by atoms with Crippen LogP contribution in [0, 0.1) is 19.8 Å². The number of anilines is 2. The van der Waals surface area contributed by atoms with E-state index in [9.17, 15) is 9.59 Å². The van der Waals surface area contributed by atoms with Crippen LogP contribution in [0.3, 0.4) is 0 Å². The monoisotopic (exact) mass is 441 g/mol. The fraction of sp³-hybridized carbons (Fsp3) is 0.417. The molecule has 2 heterocycles. The fourth-order valence-electron chi connectivity index (χ4n) is 4.48. The number of hydrogen-bond acceptors (Lipinski definition) is 4. The van der Waals surface area contributed by atoms with Gasteiger partial charge in [-0.1, -0.05) is 23.7 Å². The second-order valence-electron chi connectivity index (χ2n) is 8.25. The number of hydrogen-bond donors (Lipinski definition) is 0. The minimum atomic E-state index is -0.344. The number of amides is 2. The zero-order chi connectivity index (χ0) is 22.1. The van der Waals surface area contributed by atoms with Crippen molar-refractivity contribution in [2.24, 2.45) is 5.92 Å². The Kier molecular flexibility index (Phi) is 6.10. The highest BCUT2D eigenvalue weighted by molar-refractivity contribution is 6.31. The van der Waals surface area contributed by atoms with E-state index in [0.717, 1.165) is 13.1 Å². The second kappa shape index (κ2) is 8.79. The van der Waals surface area contributed by atoms with E-state index in [4.69, 9.17) is 16.3 Å². The third-order valence-corrected chi connectivity index (χ3v) is 6.65. The van der Waals surface area contributed by atoms with Crippen LogP contribution in [0.2, 0.25) is 5.02 Å². The van der Waals surface area contributed by atoms with E-state index in [1.807, 2.05) is 4.90 Å². The van der Waals surface area contributed by atoms with Gasteiger partial charge in [-0.15, -0.1) is 0 Å². The molecule has 0 saturated carbocycles. The molecule has 2 aromatic rings. The standard InChI is InChI=1S/C24H28ClN3O3/c1-16-5-4-6-20(17(16)2)26-9-11-27(12-10-26)24(30)18-13-23(29)28(15-18)21-14-19(25)7-8-22(21)31-3/h4-8,14,18H,9-13,15H2,1-3H3. The molecular weight excluding hydrogens is 414 g/mol. The molecule has 7 heteroatoms. The van der Waals surface area contributed by atoms with Gasteiger partial charge in [0.1, 0.15) is 5.75 Å². The summed E-state index contributed by atoms with van der Waals surface area (Å²) in [6.45, 7) is 7.53. The number of halogens is 1. The molecule has 6 nitrogen and oxygen atoms in total. The lowest BCUT2D eigenvalue weighted by atomic mass is 10.1. The zero-order valence-corrected chi connectivity index (χ0v) is 19.0. The van der Waals surface area contributed by atoms with Crippen LogP contribution >= 0.6 is 11.6 Å². The number of aryl methyl sites for hydroxylation is 1. The molecule has 2 aromatic carbocycles. The van der Waals surface area contributed by atoms with Gasteiger partial charge in [0.05, 0.1) is 18.7 Å². The summed E-state index contributed by atoms with van der Waals surface area (Å²) in [4.78, 5) is 31.8. The molecule has 1 atom stereocenters. The molecule has 164 valence electrons. The molecule has 0 bridgehead atoms. The summed E-state index contributed by atoms with van der Waals surface area (Å²) in [6, 6.07) is 11.5. The molecule has 2 saturated heterocycles. The first kappa shape index (κ1) is 21.5. The first-order valence-electron chi connectivity index (χ1n) is 10.6. The van der Waals surface area contributed by atoms with Crippen molar-refractivity contribution < 1.29 is 14.3 Å². The van der Waals surface area contributed by atoms with E-state index in [1.165, 1.54) is 16.8 Å². The third kappa shape index (κ3) is 4.22. The maximum atomic E-state index is 13.2. The Labute approximate surface area is 188 Å². The van der Waals surface area contributed by atoms with Gasteiger partial charge >= 0.3 is 0 Å². The predicted molar refractivity (Wildman–Crippen MR) is 123 cm³/mol. The Balaban J connectivity index is 1.42. The highest BCUT2D eigenvalue weighted by atomic mass is 35.5. The fourth-order valence-corrected chi connectivity index (χ4v) is 4.65. The van der Waals surface area contributed by atoms with Crippen molar-refractivity contribution in [3.8, 4) is 5.75 Å². The van der Waals surface area contributed by atoms with E-state index in [1.54, 1.807) is 30.2 Å². The summed E-state index contributed by atoms with van der Waals surface area (Å²) < 4.78 is 5.39. The smallest absolute Gasteiger partial charge is 0.228 e. The van der Waals surface area contributed by atoms with Crippen LogP contribution in [0.4, 0.5) is 11.4 Å². The summed E-state index contributed by atoms with van der Waals surface area (Å²) in [5.41, 5.74) is 4.42. The van der Waals surface area contributed by atoms with E-state index < -0.39 is 0 Å². The molecule has 31 heavy (non-hydrogen) atoms. The third-order valence-electron chi connectivity index (χ3n) is 6.41. The molecule has 0 aliphatic carbocycles. The van der Waals surface area contributed by atoms with Gasteiger partial charge in [-0.2, -0.15) is 0 Å². The number of methoxy groups -OCH3 is 1. The first-order valence-corrected chi connectivity index (χ1v) is 11.0. The van der Waals surface area contributed by atoms with Crippen LogP contribution in [0.25, 0.3) is 0 Å². The van der Waals surface area contributed by atoms with Gasteiger partial charge in [0.15, 0.2) is 0 Å². The van der Waals surface area contributed by atoms with Crippen LogP contribution in [-0.4, -0.2) is 56.5 Å². The van der Waals surface area contributed by atoms with E-state index in [-0.39, 0.29) is 24.2 Å². The number of rotatable bonds is 4. The Morgan fingerprint density at radius 3 is 2.52 bits per heavy atom. The number of nitrogens with zero attached hydrogens (tertiary/aromatic N) is 3. The number of benzene rings is 2. The van der Waals surface area contributed by atoms with Gasteiger partial charge in [0.25, 0.3) is 0 Å².